The molecule has 0 unspecified atom stereocenters. The lowest BCUT2D eigenvalue weighted by Gasteiger charge is -2.10. The minimum Gasteiger partial charge on any atom is -0.384 e. The van der Waals surface area contributed by atoms with Crippen LogP contribution in [0.15, 0.2) is 48.7 Å². The van der Waals surface area contributed by atoms with Crippen LogP contribution in [0.25, 0.3) is 16.5 Å². The van der Waals surface area contributed by atoms with E-state index in [1.807, 2.05) is 60.3 Å². The van der Waals surface area contributed by atoms with Gasteiger partial charge in [-0.05, 0) is 30.5 Å². The van der Waals surface area contributed by atoms with Crippen molar-refractivity contribution in [1.82, 2.24) is 9.78 Å². The average molecular weight is 250 g/mol. The Balaban J connectivity index is 2.34. The largest absolute Gasteiger partial charge is 0.384 e. The van der Waals surface area contributed by atoms with Gasteiger partial charge in [0.15, 0.2) is 0 Å². The number of nitrogens with zero attached hydrogens (tertiary/aromatic N) is 2. The smallest absolute Gasteiger partial charge is 0.123 e. The Labute approximate surface area is 111 Å². The summed E-state index contributed by atoms with van der Waals surface area (Å²) >= 11 is 0. The zero-order valence-corrected chi connectivity index (χ0v) is 10.6. The lowest BCUT2D eigenvalue weighted by atomic mass is 10.0. The molecule has 0 aliphatic heterocycles. The highest BCUT2D eigenvalue weighted by Crippen LogP contribution is 2.25. The number of nitrogens with one attached hydrogen (secondary N) is 1. The summed E-state index contributed by atoms with van der Waals surface area (Å²) in [6, 6.07) is 13.7. The van der Waals surface area contributed by atoms with Crippen molar-refractivity contribution in [2.75, 3.05) is 0 Å². The summed E-state index contributed by atoms with van der Waals surface area (Å²) in [5.74, 6) is 0.0828. The van der Waals surface area contributed by atoms with Gasteiger partial charge in [0, 0.05) is 17.1 Å². The summed E-state index contributed by atoms with van der Waals surface area (Å²) in [6.07, 6.45) is 1.94. The van der Waals surface area contributed by atoms with Crippen molar-refractivity contribution in [3.8, 4) is 5.69 Å². The Morgan fingerprint density at radius 1 is 1.11 bits per heavy atom. The number of nitrogen functional groups attached to an aromatic ring is 1. The van der Waals surface area contributed by atoms with Crippen molar-refractivity contribution < 1.29 is 0 Å². The molecule has 2 aromatic carbocycles. The summed E-state index contributed by atoms with van der Waals surface area (Å²) in [7, 11) is 0. The second-order valence-electron chi connectivity index (χ2n) is 4.49. The van der Waals surface area contributed by atoms with Crippen LogP contribution in [0.1, 0.15) is 11.3 Å². The first-order valence-corrected chi connectivity index (χ1v) is 6.05. The normalized spacial score (nSPS) is 10.8. The average Bonchev–Trinajstić information content (AvgIpc) is 2.83. The maximum absolute atomic E-state index is 7.65. The van der Waals surface area contributed by atoms with Crippen LogP contribution in [0, 0.1) is 12.3 Å². The van der Waals surface area contributed by atoms with Crippen LogP contribution in [-0.2, 0) is 0 Å². The second kappa shape index (κ2) is 4.24. The van der Waals surface area contributed by atoms with Crippen LogP contribution in [0.3, 0.4) is 0 Å². The van der Waals surface area contributed by atoms with E-state index in [9.17, 15) is 0 Å². The van der Waals surface area contributed by atoms with E-state index in [1.165, 1.54) is 0 Å². The van der Waals surface area contributed by atoms with Crippen LogP contribution < -0.4 is 5.73 Å². The number of nitrogens with two attached hydrogens (primary N) is 1. The van der Waals surface area contributed by atoms with Crippen LogP contribution >= 0.6 is 0 Å². The standard InChI is InChI=1S/C15H14N4/c1-10-8-9-19(18-10)14-7-6-13(15(16)17)11-4-2-3-5-12(11)14/h2-9H,1H3,(H3,16,17). The zero-order valence-electron chi connectivity index (χ0n) is 10.6. The number of aromatic nitrogens is 2. The molecule has 4 heteroatoms. The quantitative estimate of drug-likeness (QED) is 0.542. The third-order valence-electron chi connectivity index (χ3n) is 3.16. The summed E-state index contributed by atoms with van der Waals surface area (Å²) in [6.45, 7) is 1.96. The number of hydrogen-bond donors (Lipinski definition) is 2. The number of benzene rings is 2. The van der Waals surface area contributed by atoms with E-state index >= 15 is 0 Å². The lowest BCUT2D eigenvalue weighted by Crippen LogP contribution is -2.12. The van der Waals surface area contributed by atoms with Crippen molar-refractivity contribution in [3.05, 3.63) is 59.9 Å². The SMILES string of the molecule is Cc1ccn(-c2ccc(C(=N)N)c3ccccc23)n1. The van der Waals surface area contributed by atoms with Crippen molar-refractivity contribution in [3.63, 3.8) is 0 Å². The molecular weight excluding hydrogens is 236 g/mol. The van der Waals surface area contributed by atoms with Gasteiger partial charge >= 0.3 is 0 Å². The molecule has 0 fully saturated rings. The molecule has 1 aromatic heterocycles. The molecule has 0 bridgehead atoms. The molecule has 0 saturated carbocycles. The maximum atomic E-state index is 7.65. The molecule has 3 rings (SSSR count). The summed E-state index contributed by atoms with van der Waals surface area (Å²) in [5.41, 5.74) is 8.35. The van der Waals surface area contributed by atoms with E-state index in [1.54, 1.807) is 0 Å². The fourth-order valence-corrected chi connectivity index (χ4v) is 2.27. The first-order valence-electron chi connectivity index (χ1n) is 6.05. The van der Waals surface area contributed by atoms with E-state index in [0.29, 0.717) is 0 Å². The van der Waals surface area contributed by atoms with Crippen molar-refractivity contribution in [2.24, 2.45) is 5.73 Å². The fraction of sp³-hybridized carbons (Fsp3) is 0.0667. The Bertz CT molecular complexity index is 771. The van der Waals surface area contributed by atoms with E-state index in [0.717, 1.165) is 27.7 Å². The first-order chi connectivity index (χ1) is 9.16. The summed E-state index contributed by atoms with van der Waals surface area (Å²) < 4.78 is 1.85. The Morgan fingerprint density at radius 2 is 1.84 bits per heavy atom. The zero-order chi connectivity index (χ0) is 13.4. The minimum absolute atomic E-state index is 0.0828. The molecule has 0 radical (unpaired) electrons. The van der Waals surface area contributed by atoms with Crippen molar-refractivity contribution in [2.45, 2.75) is 6.92 Å². The van der Waals surface area contributed by atoms with Gasteiger partial charge in [-0.3, -0.25) is 5.41 Å². The summed E-state index contributed by atoms with van der Waals surface area (Å²) in [5, 5.41) is 14.1. The van der Waals surface area contributed by atoms with Crippen molar-refractivity contribution >= 4 is 16.6 Å². The second-order valence-corrected chi connectivity index (χ2v) is 4.49. The van der Waals surface area contributed by atoms with Crippen LogP contribution in [-0.4, -0.2) is 15.6 Å². The molecule has 3 N–H and O–H groups in total. The predicted molar refractivity (Wildman–Crippen MR) is 76.8 cm³/mol. The highest BCUT2D eigenvalue weighted by Gasteiger charge is 2.09. The molecule has 0 aliphatic carbocycles. The Morgan fingerprint density at radius 3 is 2.47 bits per heavy atom. The molecule has 4 nitrogen and oxygen atoms in total. The highest BCUT2D eigenvalue weighted by molar-refractivity contribution is 6.09. The van der Waals surface area contributed by atoms with Gasteiger partial charge < -0.3 is 5.73 Å². The molecule has 0 aliphatic rings. The van der Waals surface area contributed by atoms with E-state index in [2.05, 4.69) is 5.10 Å². The molecule has 19 heavy (non-hydrogen) atoms. The van der Waals surface area contributed by atoms with Gasteiger partial charge in [0.1, 0.15) is 5.84 Å². The molecule has 3 aromatic rings. The summed E-state index contributed by atoms with van der Waals surface area (Å²) in [4.78, 5) is 0. The highest BCUT2D eigenvalue weighted by atomic mass is 15.3. The van der Waals surface area contributed by atoms with Gasteiger partial charge in [0.25, 0.3) is 0 Å². The molecule has 94 valence electrons. The topological polar surface area (TPSA) is 67.7 Å². The molecule has 1 heterocycles. The predicted octanol–water partition coefficient (Wildman–Crippen LogP) is 2.62. The molecule has 0 amide bonds. The van der Waals surface area contributed by atoms with Crippen molar-refractivity contribution in [1.29, 1.82) is 5.41 Å². The lowest BCUT2D eigenvalue weighted by molar-refractivity contribution is 0.869. The minimum atomic E-state index is 0.0828. The third kappa shape index (κ3) is 1.87. The van der Waals surface area contributed by atoms with Crippen LogP contribution in [0.5, 0.6) is 0 Å². The van der Waals surface area contributed by atoms with Crippen LogP contribution in [0.2, 0.25) is 0 Å². The van der Waals surface area contributed by atoms with Gasteiger partial charge in [-0.15, -0.1) is 0 Å². The monoisotopic (exact) mass is 250 g/mol. The van der Waals surface area contributed by atoms with Gasteiger partial charge in [-0.2, -0.15) is 5.10 Å². The van der Waals surface area contributed by atoms with Gasteiger partial charge in [-0.1, -0.05) is 24.3 Å². The number of rotatable bonds is 2. The van der Waals surface area contributed by atoms with Crippen LogP contribution in [0.4, 0.5) is 0 Å². The Kier molecular flexibility index (Phi) is 2.56. The molecule has 0 spiro atoms. The van der Waals surface area contributed by atoms with E-state index in [-0.39, 0.29) is 5.84 Å². The molecular formula is C15H14N4. The van der Waals surface area contributed by atoms with E-state index in [4.69, 9.17) is 11.1 Å². The fourth-order valence-electron chi connectivity index (χ4n) is 2.27. The Hall–Kier alpha value is -2.62. The third-order valence-corrected chi connectivity index (χ3v) is 3.16. The number of hydrogen-bond acceptors (Lipinski definition) is 2. The number of amidine groups is 1. The number of fused-ring (bicyclic) bond motifs is 1. The first kappa shape index (κ1) is 11.5. The van der Waals surface area contributed by atoms with Gasteiger partial charge in [-0.25, -0.2) is 4.68 Å². The maximum Gasteiger partial charge on any atom is 0.123 e. The molecule has 0 atom stereocenters. The molecule has 0 saturated heterocycles. The number of aryl methyl sites for hydroxylation is 1. The van der Waals surface area contributed by atoms with Gasteiger partial charge in [0.05, 0.1) is 11.4 Å². The van der Waals surface area contributed by atoms with Gasteiger partial charge in [0.2, 0.25) is 0 Å². The van der Waals surface area contributed by atoms with E-state index < -0.39 is 0 Å².